The largest absolute Gasteiger partial charge is 0.573 e. The van der Waals surface area contributed by atoms with Crippen molar-refractivity contribution in [2.75, 3.05) is 7.11 Å². The molecule has 0 saturated carbocycles. The van der Waals surface area contributed by atoms with E-state index in [2.05, 4.69) is 9.47 Å². The van der Waals surface area contributed by atoms with Crippen molar-refractivity contribution in [3.05, 3.63) is 27.7 Å². The molecular weight excluding hydrogens is 281 g/mol. The first-order chi connectivity index (χ1) is 8.67. The molecule has 1 aromatic heterocycles. The fourth-order valence-corrected chi connectivity index (χ4v) is 1.17. The van der Waals surface area contributed by atoms with E-state index in [0.29, 0.717) is 6.20 Å². The number of pyridine rings is 1. The van der Waals surface area contributed by atoms with Gasteiger partial charge in [0.1, 0.15) is 11.3 Å². The minimum atomic E-state index is -5.36. The van der Waals surface area contributed by atoms with E-state index in [4.69, 9.17) is 0 Å². The lowest BCUT2D eigenvalue weighted by Gasteiger charge is -2.12. The van der Waals surface area contributed by atoms with Crippen LogP contribution < -0.4 is 10.2 Å². The summed E-state index contributed by atoms with van der Waals surface area (Å²) in [5.74, 6) is -2.97. The molecule has 0 unspecified atom stereocenters. The zero-order valence-electron chi connectivity index (χ0n) is 9.18. The highest BCUT2D eigenvalue weighted by molar-refractivity contribution is 5.89. The minimum Gasteiger partial charge on any atom is -0.465 e. The summed E-state index contributed by atoms with van der Waals surface area (Å²) in [7, 11) is 0.868. The molecule has 1 aromatic rings. The third-order valence-corrected chi connectivity index (χ3v) is 1.91. The van der Waals surface area contributed by atoms with Crippen LogP contribution in [0.1, 0.15) is 22.5 Å². The van der Waals surface area contributed by atoms with Crippen LogP contribution in [0, 0.1) is 0 Å². The Morgan fingerprint density at radius 2 is 1.95 bits per heavy atom. The quantitative estimate of drug-likeness (QED) is 0.682. The van der Waals surface area contributed by atoms with Gasteiger partial charge < -0.3 is 14.5 Å². The number of carbonyl (C=O) groups excluding carboxylic acids is 1. The predicted molar refractivity (Wildman–Crippen MR) is 50.0 cm³/mol. The van der Waals surface area contributed by atoms with Crippen LogP contribution in [-0.2, 0) is 4.74 Å². The maximum Gasteiger partial charge on any atom is 0.573 e. The van der Waals surface area contributed by atoms with Crippen molar-refractivity contribution in [3.8, 4) is 5.75 Å². The van der Waals surface area contributed by atoms with Gasteiger partial charge in [-0.15, -0.1) is 13.2 Å². The number of aromatic nitrogens is 1. The number of carbonyl (C=O) groups is 1. The molecule has 0 bridgehead atoms. The third kappa shape index (κ3) is 3.42. The van der Waals surface area contributed by atoms with E-state index >= 15 is 0 Å². The molecule has 0 atom stereocenters. The molecule has 0 saturated heterocycles. The Bertz CT molecular complexity index is 536. The number of ether oxygens (including phenoxy) is 2. The number of nitrogens with one attached hydrogen (secondary N) is 1. The van der Waals surface area contributed by atoms with Crippen LogP contribution >= 0.6 is 0 Å². The van der Waals surface area contributed by atoms with Crippen molar-refractivity contribution in [1.82, 2.24) is 4.98 Å². The normalized spacial score (nSPS) is 11.5. The molecule has 1 N–H and O–H groups in total. The second-order valence-corrected chi connectivity index (χ2v) is 3.11. The van der Waals surface area contributed by atoms with Gasteiger partial charge in [0, 0.05) is 6.20 Å². The van der Waals surface area contributed by atoms with E-state index in [1.165, 1.54) is 0 Å². The van der Waals surface area contributed by atoms with Gasteiger partial charge in [-0.05, 0) is 0 Å². The van der Waals surface area contributed by atoms with Crippen LogP contribution in [0.2, 0.25) is 0 Å². The average Bonchev–Trinajstić information content (AvgIpc) is 2.28. The van der Waals surface area contributed by atoms with Crippen molar-refractivity contribution >= 4 is 5.97 Å². The van der Waals surface area contributed by atoms with Crippen LogP contribution in [0.5, 0.6) is 5.75 Å². The van der Waals surface area contributed by atoms with Gasteiger partial charge in [0.25, 0.3) is 6.43 Å². The highest BCUT2D eigenvalue weighted by Crippen LogP contribution is 2.28. The van der Waals surface area contributed by atoms with Crippen molar-refractivity contribution in [3.63, 3.8) is 0 Å². The molecule has 0 radical (unpaired) electrons. The van der Waals surface area contributed by atoms with Crippen LogP contribution in [0.3, 0.4) is 0 Å². The average molecular weight is 287 g/mol. The fraction of sp³-hybridized carbons (Fsp3) is 0.333. The number of rotatable bonds is 3. The second kappa shape index (κ2) is 5.24. The molecule has 10 heteroatoms. The number of hydrogen-bond donors (Lipinski definition) is 1. The molecule has 0 spiro atoms. The predicted octanol–water partition coefficient (Wildman–Crippen LogP) is 2.00. The van der Waals surface area contributed by atoms with E-state index in [0.717, 1.165) is 7.11 Å². The van der Waals surface area contributed by atoms with Crippen molar-refractivity contribution in [1.29, 1.82) is 0 Å². The smallest absolute Gasteiger partial charge is 0.465 e. The molecule has 0 aliphatic carbocycles. The first-order valence-electron chi connectivity index (χ1n) is 4.55. The molecule has 1 rings (SSSR count). The van der Waals surface area contributed by atoms with Gasteiger partial charge in [-0.2, -0.15) is 0 Å². The summed E-state index contributed by atoms with van der Waals surface area (Å²) in [5, 5.41) is 0. The van der Waals surface area contributed by atoms with Crippen molar-refractivity contribution in [2.45, 2.75) is 12.8 Å². The van der Waals surface area contributed by atoms with E-state index < -0.39 is 41.2 Å². The molecule has 5 nitrogen and oxygen atoms in total. The topological polar surface area (TPSA) is 68.4 Å². The lowest BCUT2D eigenvalue weighted by Crippen LogP contribution is -2.27. The van der Waals surface area contributed by atoms with Gasteiger partial charge in [-0.1, -0.05) is 0 Å². The molecule has 0 fully saturated rings. The summed E-state index contributed by atoms with van der Waals surface area (Å²) in [6.07, 6.45) is -8.25. The Labute approximate surface area is 101 Å². The number of methoxy groups -OCH3 is 1. The Morgan fingerprint density at radius 3 is 2.37 bits per heavy atom. The Hall–Kier alpha value is -2.13. The maximum atomic E-state index is 12.5. The number of hydrogen-bond acceptors (Lipinski definition) is 4. The zero-order chi connectivity index (χ0) is 14.8. The van der Waals surface area contributed by atoms with Gasteiger partial charge in [0.2, 0.25) is 11.2 Å². The highest BCUT2D eigenvalue weighted by Gasteiger charge is 2.36. The first-order valence-corrected chi connectivity index (χ1v) is 4.55. The summed E-state index contributed by atoms with van der Waals surface area (Å²) < 4.78 is 68.4. The maximum absolute atomic E-state index is 12.5. The number of alkyl halides is 5. The summed E-state index contributed by atoms with van der Waals surface area (Å²) >= 11 is 0. The molecule has 0 aliphatic rings. The zero-order valence-corrected chi connectivity index (χ0v) is 9.18. The number of H-pyrrole nitrogens is 1. The summed E-state index contributed by atoms with van der Waals surface area (Å²) in [6.45, 7) is 0. The number of halogens is 5. The second-order valence-electron chi connectivity index (χ2n) is 3.11. The van der Waals surface area contributed by atoms with Crippen LogP contribution in [0.25, 0.3) is 0 Å². The summed E-state index contributed by atoms with van der Waals surface area (Å²) in [5.41, 5.74) is -3.90. The van der Waals surface area contributed by atoms with Gasteiger partial charge >= 0.3 is 12.3 Å². The Morgan fingerprint density at radius 1 is 1.37 bits per heavy atom. The van der Waals surface area contributed by atoms with Gasteiger partial charge in [0.05, 0.1) is 7.11 Å². The standard InChI is InChI=1S/C9H6F5NO4/c1-18-8(17)3-2-15-4(7(10)11)6(5(3)16)19-9(12,13)14/h2,7H,1H3,(H,15,16). The monoisotopic (exact) mass is 287 g/mol. The Kier molecular flexibility index (Phi) is 4.12. The molecule has 1 heterocycles. The molecule has 0 aliphatic heterocycles. The third-order valence-electron chi connectivity index (χ3n) is 1.91. The number of esters is 1. The van der Waals surface area contributed by atoms with E-state index in [-0.39, 0.29) is 0 Å². The van der Waals surface area contributed by atoms with E-state index in [1.807, 2.05) is 0 Å². The molecule has 106 valence electrons. The van der Waals surface area contributed by atoms with Crippen LogP contribution in [-0.4, -0.2) is 24.4 Å². The summed E-state index contributed by atoms with van der Waals surface area (Å²) in [4.78, 5) is 24.3. The van der Waals surface area contributed by atoms with Crippen LogP contribution in [0.15, 0.2) is 11.0 Å². The van der Waals surface area contributed by atoms with Gasteiger partial charge in [0.15, 0.2) is 0 Å². The van der Waals surface area contributed by atoms with Crippen molar-refractivity contribution in [2.24, 2.45) is 0 Å². The minimum absolute atomic E-state index is 0.527. The number of aromatic amines is 1. The van der Waals surface area contributed by atoms with Crippen molar-refractivity contribution < 1.29 is 36.2 Å². The molecule has 0 aromatic carbocycles. The summed E-state index contributed by atoms with van der Waals surface area (Å²) in [6, 6.07) is 0. The van der Waals surface area contributed by atoms with Gasteiger partial charge in [-0.25, -0.2) is 13.6 Å². The van der Waals surface area contributed by atoms with Gasteiger partial charge in [-0.3, -0.25) is 4.79 Å². The first kappa shape index (κ1) is 14.9. The molecular formula is C9H6F5NO4. The van der Waals surface area contributed by atoms with E-state index in [9.17, 15) is 31.5 Å². The lowest BCUT2D eigenvalue weighted by atomic mass is 10.2. The lowest BCUT2D eigenvalue weighted by molar-refractivity contribution is -0.275. The Balaban J connectivity index is 3.45. The SMILES string of the molecule is COC(=O)c1c[nH]c(C(F)F)c(OC(F)(F)F)c1=O. The van der Waals surface area contributed by atoms with Crippen LogP contribution in [0.4, 0.5) is 22.0 Å². The molecule has 19 heavy (non-hydrogen) atoms. The van der Waals surface area contributed by atoms with E-state index in [1.54, 1.807) is 4.98 Å². The fourth-order valence-electron chi connectivity index (χ4n) is 1.17. The molecule has 0 amide bonds. The highest BCUT2D eigenvalue weighted by atomic mass is 19.4.